The van der Waals surface area contributed by atoms with E-state index in [2.05, 4.69) is 30.8 Å². The Labute approximate surface area is 165 Å². The molecule has 0 saturated carbocycles. The number of rotatable bonds is 3. The van der Waals surface area contributed by atoms with Gasteiger partial charge in [0.1, 0.15) is 5.82 Å². The number of hydrogen-bond acceptors (Lipinski definition) is 5. The highest BCUT2D eigenvalue weighted by atomic mass is 16.2. The molecule has 0 radical (unpaired) electrons. The minimum absolute atomic E-state index is 0.0242. The molecule has 0 N–H and O–H groups in total. The highest BCUT2D eigenvalue weighted by molar-refractivity contribution is 5.74. The minimum Gasteiger partial charge on any atom is -0.331 e. The largest absolute Gasteiger partial charge is 0.331 e. The molecule has 1 saturated heterocycles. The molecule has 2 aliphatic rings. The molecule has 9 heteroatoms. The van der Waals surface area contributed by atoms with Crippen LogP contribution in [0.15, 0.2) is 6.07 Å². The predicted octanol–water partition coefficient (Wildman–Crippen LogP) is 1.54. The van der Waals surface area contributed by atoms with Gasteiger partial charge in [-0.3, -0.25) is 9.58 Å². The van der Waals surface area contributed by atoms with E-state index in [1.807, 2.05) is 37.6 Å². The fourth-order valence-corrected chi connectivity index (χ4v) is 4.34. The van der Waals surface area contributed by atoms with Gasteiger partial charge in [0.05, 0.1) is 24.0 Å². The zero-order chi connectivity index (χ0) is 19.8. The summed E-state index contributed by atoms with van der Waals surface area (Å²) in [6, 6.07) is 2.22. The van der Waals surface area contributed by atoms with Crippen molar-refractivity contribution in [3.05, 3.63) is 29.1 Å². The Bertz CT molecular complexity index is 854. The van der Waals surface area contributed by atoms with Gasteiger partial charge in [-0.05, 0) is 32.3 Å². The average Bonchev–Trinajstić information content (AvgIpc) is 3.23. The monoisotopic (exact) mass is 386 g/mol. The first-order valence-electron chi connectivity index (χ1n) is 10.1. The fraction of sp³-hybridized carbons (Fsp3) is 0.684. The normalized spacial score (nSPS) is 20.3. The number of aryl methyl sites for hydroxylation is 2. The minimum atomic E-state index is 0.0242. The molecular weight excluding hydrogens is 356 g/mol. The van der Waals surface area contributed by atoms with E-state index in [4.69, 9.17) is 0 Å². The maximum absolute atomic E-state index is 12.6. The lowest BCUT2D eigenvalue weighted by Gasteiger charge is -2.37. The molecule has 1 fully saturated rings. The molecule has 152 valence electrons. The number of amides is 2. The van der Waals surface area contributed by atoms with Gasteiger partial charge >= 0.3 is 6.03 Å². The van der Waals surface area contributed by atoms with Gasteiger partial charge in [0, 0.05) is 47.3 Å². The van der Waals surface area contributed by atoms with Crippen molar-refractivity contribution >= 4 is 6.03 Å². The molecule has 9 nitrogen and oxygen atoms in total. The molecule has 0 aromatic carbocycles. The summed E-state index contributed by atoms with van der Waals surface area (Å²) in [4.78, 5) is 18.6. The Morgan fingerprint density at radius 1 is 1.21 bits per heavy atom. The molecule has 2 aromatic heterocycles. The first-order chi connectivity index (χ1) is 13.4. The van der Waals surface area contributed by atoms with Crippen LogP contribution in [0.3, 0.4) is 0 Å². The molecule has 2 aliphatic heterocycles. The first-order valence-corrected chi connectivity index (χ1v) is 10.1. The van der Waals surface area contributed by atoms with Crippen molar-refractivity contribution in [2.75, 3.05) is 27.2 Å². The summed E-state index contributed by atoms with van der Waals surface area (Å²) in [5, 5.41) is 13.5. The summed E-state index contributed by atoms with van der Waals surface area (Å²) in [6.07, 6.45) is 3.13. The second-order valence-corrected chi connectivity index (χ2v) is 8.12. The van der Waals surface area contributed by atoms with Crippen molar-refractivity contribution in [2.45, 2.75) is 51.9 Å². The second-order valence-electron chi connectivity index (χ2n) is 8.12. The molecule has 4 rings (SSSR count). The van der Waals surface area contributed by atoms with Crippen molar-refractivity contribution < 1.29 is 4.79 Å². The number of nitrogens with zero attached hydrogens (tertiary/aromatic N) is 8. The topological polar surface area (TPSA) is 75.3 Å². The van der Waals surface area contributed by atoms with Crippen molar-refractivity contribution in [2.24, 2.45) is 7.05 Å². The third-order valence-corrected chi connectivity index (χ3v) is 5.77. The Morgan fingerprint density at radius 3 is 2.75 bits per heavy atom. The second kappa shape index (κ2) is 7.54. The van der Waals surface area contributed by atoms with Gasteiger partial charge in [0.15, 0.2) is 5.82 Å². The third-order valence-electron chi connectivity index (χ3n) is 5.77. The number of aromatic nitrogens is 5. The maximum atomic E-state index is 12.6. The van der Waals surface area contributed by atoms with Crippen molar-refractivity contribution in [3.8, 4) is 0 Å². The van der Waals surface area contributed by atoms with E-state index in [1.54, 1.807) is 4.90 Å². The molecule has 0 aliphatic carbocycles. The van der Waals surface area contributed by atoms with E-state index in [0.717, 1.165) is 69.3 Å². The number of carbonyl (C=O) groups is 1. The zero-order valence-corrected chi connectivity index (χ0v) is 17.3. The van der Waals surface area contributed by atoms with Gasteiger partial charge < -0.3 is 14.4 Å². The number of urea groups is 1. The first kappa shape index (κ1) is 18.9. The fourth-order valence-electron chi connectivity index (χ4n) is 4.34. The van der Waals surface area contributed by atoms with Crippen LogP contribution in [-0.4, -0.2) is 72.5 Å². The van der Waals surface area contributed by atoms with E-state index in [9.17, 15) is 4.79 Å². The van der Waals surface area contributed by atoms with Crippen LogP contribution < -0.4 is 0 Å². The lowest BCUT2D eigenvalue weighted by Crippen LogP contribution is -2.45. The van der Waals surface area contributed by atoms with Gasteiger partial charge in [-0.2, -0.15) is 5.10 Å². The quantitative estimate of drug-likeness (QED) is 0.800. The highest BCUT2D eigenvalue weighted by Crippen LogP contribution is 2.32. The number of carbonyl (C=O) groups excluding carboxylic acids is 1. The zero-order valence-electron chi connectivity index (χ0n) is 17.3. The van der Waals surface area contributed by atoms with E-state index in [1.165, 1.54) is 5.69 Å². The summed E-state index contributed by atoms with van der Waals surface area (Å²) in [5.74, 6) is 1.93. The summed E-state index contributed by atoms with van der Waals surface area (Å²) >= 11 is 0. The lowest BCUT2D eigenvalue weighted by atomic mass is 10.0. The van der Waals surface area contributed by atoms with E-state index in [-0.39, 0.29) is 12.1 Å². The van der Waals surface area contributed by atoms with Gasteiger partial charge in [0.25, 0.3) is 0 Å². The van der Waals surface area contributed by atoms with Gasteiger partial charge in [-0.15, -0.1) is 10.2 Å². The third kappa shape index (κ3) is 3.50. The van der Waals surface area contributed by atoms with Crippen LogP contribution in [-0.2, 0) is 26.7 Å². The van der Waals surface area contributed by atoms with Gasteiger partial charge in [-0.1, -0.05) is 0 Å². The Morgan fingerprint density at radius 2 is 2.04 bits per heavy atom. The smallest absolute Gasteiger partial charge is 0.320 e. The lowest BCUT2D eigenvalue weighted by molar-refractivity contribution is 0.121. The Kier molecular flexibility index (Phi) is 5.09. The van der Waals surface area contributed by atoms with Crippen LogP contribution in [0.2, 0.25) is 0 Å². The van der Waals surface area contributed by atoms with Crippen molar-refractivity contribution in [3.63, 3.8) is 0 Å². The van der Waals surface area contributed by atoms with Gasteiger partial charge in [-0.25, -0.2) is 4.79 Å². The molecule has 28 heavy (non-hydrogen) atoms. The van der Waals surface area contributed by atoms with Crippen LogP contribution in [0.1, 0.15) is 48.3 Å². The molecule has 1 unspecified atom stereocenters. The molecule has 2 aromatic rings. The van der Waals surface area contributed by atoms with Gasteiger partial charge in [0.2, 0.25) is 0 Å². The molecule has 0 spiro atoms. The summed E-state index contributed by atoms with van der Waals surface area (Å²) in [5.41, 5.74) is 2.25. The van der Waals surface area contributed by atoms with E-state index >= 15 is 0 Å². The Hall–Kier alpha value is -2.42. The molecular formula is C19H30N8O. The number of fused-ring (bicyclic) bond motifs is 1. The summed E-state index contributed by atoms with van der Waals surface area (Å²) in [7, 11) is 5.61. The number of hydrogen-bond donors (Lipinski definition) is 0. The van der Waals surface area contributed by atoms with Crippen LogP contribution in [0.25, 0.3) is 0 Å². The van der Waals surface area contributed by atoms with Crippen molar-refractivity contribution in [1.82, 2.24) is 39.2 Å². The van der Waals surface area contributed by atoms with Crippen LogP contribution in [0, 0.1) is 6.92 Å². The van der Waals surface area contributed by atoms with E-state index in [0.29, 0.717) is 0 Å². The summed E-state index contributed by atoms with van der Waals surface area (Å²) < 4.78 is 4.18. The predicted molar refractivity (Wildman–Crippen MR) is 104 cm³/mol. The maximum Gasteiger partial charge on any atom is 0.320 e. The Balaban J connectivity index is 1.51. The molecule has 1 atom stereocenters. The SMILES string of the molecule is Cc1cc(CN2CCn3c(nnc3C3CCCCN3C(=O)N(C)C)C2)n(C)n1. The van der Waals surface area contributed by atoms with Crippen LogP contribution in [0.5, 0.6) is 0 Å². The van der Waals surface area contributed by atoms with Crippen LogP contribution >= 0.6 is 0 Å². The van der Waals surface area contributed by atoms with Crippen LogP contribution in [0.4, 0.5) is 4.79 Å². The number of likely N-dealkylation sites (tertiary alicyclic amines) is 1. The standard InChI is InChI=1S/C19H30N8O/c1-14-11-15(24(4)22-14)12-25-9-10-27-17(13-25)20-21-18(27)16-7-5-6-8-26(16)19(28)23(2)3/h11,16H,5-10,12-13H2,1-4H3. The molecule has 0 bridgehead atoms. The van der Waals surface area contributed by atoms with Crippen molar-refractivity contribution in [1.29, 1.82) is 0 Å². The van der Waals surface area contributed by atoms with E-state index < -0.39 is 0 Å². The number of piperidine rings is 1. The summed E-state index contributed by atoms with van der Waals surface area (Å²) in [6.45, 7) is 6.23. The molecule has 2 amide bonds. The molecule has 4 heterocycles. The highest BCUT2D eigenvalue weighted by Gasteiger charge is 2.34. The average molecular weight is 387 g/mol.